The minimum absolute atomic E-state index is 0.321. The van der Waals surface area contributed by atoms with Gasteiger partial charge in [0.1, 0.15) is 5.78 Å². The molecule has 0 radical (unpaired) electrons. The number of carbonyl (C=O) groups excluding carboxylic acids is 1. The van der Waals surface area contributed by atoms with Gasteiger partial charge < -0.3 is 0 Å². The molecule has 0 amide bonds. The highest BCUT2D eigenvalue weighted by Gasteiger charge is 2.25. The Labute approximate surface area is 89.1 Å². The van der Waals surface area contributed by atoms with E-state index in [1.165, 1.54) is 16.7 Å². The maximum atomic E-state index is 11.7. The molecule has 0 heterocycles. The molecule has 2 aliphatic rings. The Hall–Kier alpha value is -1.63. The topological polar surface area (TPSA) is 17.1 Å². The van der Waals surface area contributed by atoms with E-state index >= 15 is 0 Å². The smallest absolute Gasteiger partial charge is 0.138 e. The van der Waals surface area contributed by atoms with Crippen molar-refractivity contribution in [1.29, 1.82) is 0 Å². The Morgan fingerprint density at radius 3 is 3.00 bits per heavy atom. The fourth-order valence-corrected chi connectivity index (χ4v) is 2.47. The molecule has 15 heavy (non-hydrogen) atoms. The Balaban J connectivity index is 2.18. The first kappa shape index (κ1) is 8.66. The van der Waals surface area contributed by atoms with E-state index in [9.17, 15) is 4.79 Å². The van der Waals surface area contributed by atoms with E-state index in [1.807, 2.05) is 12.1 Å². The average Bonchev–Trinajstić information content (AvgIpc) is 2.62. The second-order valence-corrected chi connectivity index (χ2v) is 4.19. The number of hydrogen-bond acceptors (Lipinski definition) is 1. The largest absolute Gasteiger partial charge is 0.299 e. The molecule has 1 aromatic carbocycles. The maximum absolute atomic E-state index is 11.7. The van der Waals surface area contributed by atoms with Crippen LogP contribution in [0.4, 0.5) is 0 Å². The number of ketones is 1. The first-order valence-electron chi connectivity index (χ1n) is 5.33. The second-order valence-electron chi connectivity index (χ2n) is 4.19. The van der Waals surface area contributed by atoms with Gasteiger partial charge in [-0.1, -0.05) is 42.5 Å². The summed E-state index contributed by atoms with van der Waals surface area (Å²) in [6.07, 6.45) is 7.60. The van der Waals surface area contributed by atoms with Gasteiger partial charge in [0.05, 0.1) is 0 Å². The molecule has 0 fully saturated rings. The highest BCUT2D eigenvalue weighted by Crippen LogP contribution is 2.36. The molecule has 0 N–H and O–H groups in total. The molecule has 1 unspecified atom stereocenters. The van der Waals surface area contributed by atoms with E-state index in [0.717, 1.165) is 0 Å². The van der Waals surface area contributed by atoms with E-state index in [4.69, 9.17) is 0 Å². The SMILES string of the molecule is O=C1Cc2ccccc2C2=CC=CC2C1. The molecule has 3 rings (SSSR count). The van der Waals surface area contributed by atoms with Crippen molar-refractivity contribution in [3.05, 3.63) is 53.6 Å². The first-order valence-corrected chi connectivity index (χ1v) is 5.33. The van der Waals surface area contributed by atoms with Crippen molar-refractivity contribution in [1.82, 2.24) is 0 Å². The highest BCUT2D eigenvalue weighted by molar-refractivity contribution is 5.90. The number of rotatable bonds is 0. The summed E-state index contributed by atoms with van der Waals surface area (Å²) in [5.41, 5.74) is 3.76. The fourth-order valence-electron chi connectivity index (χ4n) is 2.47. The Morgan fingerprint density at radius 1 is 1.20 bits per heavy atom. The summed E-state index contributed by atoms with van der Waals surface area (Å²) in [5, 5.41) is 0. The third-order valence-electron chi connectivity index (χ3n) is 3.18. The van der Waals surface area contributed by atoms with Gasteiger partial charge in [-0.25, -0.2) is 0 Å². The van der Waals surface area contributed by atoms with Crippen molar-refractivity contribution in [3.8, 4) is 0 Å². The number of hydrogen-bond donors (Lipinski definition) is 0. The lowest BCUT2D eigenvalue weighted by atomic mass is 9.93. The van der Waals surface area contributed by atoms with Gasteiger partial charge in [0.15, 0.2) is 0 Å². The summed E-state index contributed by atoms with van der Waals surface area (Å²) in [4.78, 5) is 11.7. The molecule has 1 heteroatoms. The molecule has 74 valence electrons. The summed E-state index contributed by atoms with van der Waals surface area (Å²) in [6.45, 7) is 0. The molecule has 0 aromatic heterocycles. The second kappa shape index (κ2) is 3.20. The predicted molar refractivity (Wildman–Crippen MR) is 60.4 cm³/mol. The van der Waals surface area contributed by atoms with Crippen molar-refractivity contribution in [3.63, 3.8) is 0 Å². The molecule has 0 saturated heterocycles. The van der Waals surface area contributed by atoms with Crippen molar-refractivity contribution >= 4 is 11.4 Å². The minimum atomic E-state index is 0.321. The predicted octanol–water partition coefficient (Wildman–Crippen LogP) is 2.77. The number of fused-ring (bicyclic) bond motifs is 3. The zero-order valence-corrected chi connectivity index (χ0v) is 8.44. The van der Waals surface area contributed by atoms with E-state index in [1.54, 1.807) is 0 Å². The number of benzene rings is 1. The van der Waals surface area contributed by atoms with Crippen LogP contribution in [0.2, 0.25) is 0 Å². The number of Topliss-reactive ketones (excluding diaryl/α,β-unsaturated/α-hetero) is 1. The lowest BCUT2D eigenvalue weighted by molar-refractivity contribution is -0.118. The molecular formula is C14H12O. The standard InChI is InChI=1S/C14H12O/c15-12-8-10-4-1-2-6-13(10)14-7-3-5-11(14)9-12/h1-7,11H,8-9H2. The minimum Gasteiger partial charge on any atom is -0.299 e. The van der Waals surface area contributed by atoms with Crippen molar-refractivity contribution in [2.45, 2.75) is 12.8 Å². The van der Waals surface area contributed by atoms with Crippen LogP contribution in [0.5, 0.6) is 0 Å². The van der Waals surface area contributed by atoms with Crippen LogP contribution in [0.3, 0.4) is 0 Å². The van der Waals surface area contributed by atoms with Crippen LogP contribution in [0, 0.1) is 5.92 Å². The molecule has 1 nitrogen and oxygen atoms in total. The zero-order valence-electron chi connectivity index (χ0n) is 8.44. The van der Waals surface area contributed by atoms with Gasteiger partial charge in [-0.2, -0.15) is 0 Å². The van der Waals surface area contributed by atoms with Gasteiger partial charge >= 0.3 is 0 Å². The lowest BCUT2D eigenvalue weighted by Gasteiger charge is -2.10. The lowest BCUT2D eigenvalue weighted by Crippen LogP contribution is -2.04. The molecule has 1 aromatic rings. The summed E-state index contributed by atoms with van der Waals surface area (Å²) in [6, 6.07) is 8.24. The summed E-state index contributed by atoms with van der Waals surface area (Å²) in [7, 11) is 0. The van der Waals surface area contributed by atoms with Crippen molar-refractivity contribution in [2.24, 2.45) is 5.92 Å². The normalized spacial score (nSPS) is 23.1. The average molecular weight is 196 g/mol. The van der Waals surface area contributed by atoms with Crippen LogP contribution in [-0.2, 0) is 11.2 Å². The van der Waals surface area contributed by atoms with Gasteiger partial charge in [-0.3, -0.25) is 4.79 Å². The monoisotopic (exact) mass is 196 g/mol. The zero-order chi connectivity index (χ0) is 10.3. The molecule has 0 bridgehead atoms. The van der Waals surface area contributed by atoms with Gasteiger partial charge in [0.25, 0.3) is 0 Å². The molecule has 1 atom stereocenters. The molecular weight excluding hydrogens is 184 g/mol. The van der Waals surface area contributed by atoms with E-state index in [0.29, 0.717) is 24.5 Å². The Kier molecular flexibility index (Phi) is 1.84. The van der Waals surface area contributed by atoms with E-state index in [-0.39, 0.29) is 0 Å². The molecule has 0 saturated carbocycles. The van der Waals surface area contributed by atoms with E-state index < -0.39 is 0 Å². The van der Waals surface area contributed by atoms with E-state index in [2.05, 4.69) is 30.4 Å². The van der Waals surface area contributed by atoms with Gasteiger partial charge in [0, 0.05) is 18.8 Å². The summed E-state index contributed by atoms with van der Waals surface area (Å²) in [5.74, 6) is 0.670. The van der Waals surface area contributed by atoms with Crippen LogP contribution in [-0.4, -0.2) is 5.78 Å². The Bertz CT molecular complexity index is 480. The third-order valence-corrected chi connectivity index (χ3v) is 3.18. The highest BCUT2D eigenvalue weighted by atomic mass is 16.1. The van der Waals surface area contributed by atoms with Gasteiger partial charge in [-0.15, -0.1) is 0 Å². The van der Waals surface area contributed by atoms with Crippen LogP contribution >= 0.6 is 0 Å². The summed E-state index contributed by atoms with van der Waals surface area (Å²) < 4.78 is 0. The van der Waals surface area contributed by atoms with Gasteiger partial charge in [-0.05, 0) is 16.7 Å². The van der Waals surface area contributed by atoms with Crippen molar-refractivity contribution < 1.29 is 4.79 Å². The number of carbonyl (C=O) groups is 1. The molecule has 2 aliphatic carbocycles. The Morgan fingerprint density at radius 2 is 2.07 bits per heavy atom. The van der Waals surface area contributed by atoms with Crippen molar-refractivity contribution in [2.75, 3.05) is 0 Å². The van der Waals surface area contributed by atoms with Gasteiger partial charge in [0.2, 0.25) is 0 Å². The summed E-state index contributed by atoms with van der Waals surface area (Å²) >= 11 is 0. The van der Waals surface area contributed by atoms with Crippen LogP contribution in [0.15, 0.2) is 42.5 Å². The van der Waals surface area contributed by atoms with Crippen LogP contribution < -0.4 is 0 Å². The fraction of sp³-hybridized carbons (Fsp3) is 0.214. The quantitative estimate of drug-likeness (QED) is 0.623. The van der Waals surface area contributed by atoms with Crippen LogP contribution in [0.25, 0.3) is 5.57 Å². The third kappa shape index (κ3) is 1.35. The molecule has 0 spiro atoms. The van der Waals surface area contributed by atoms with Crippen LogP contribution in [0.1, 0.15) is 17.5 Å². The molecule has 0 aliphatic heterocycles. The first-order chi connectivity index (χ1) is 7.34. The number of allylic oxidation sites excluding steroid dienone is 4. The maximum Gasteiger partial charge on any atom is 0.138 e.